The van der Waals surface area contributed by atoms with Crippen molar-refractivity contribution < 1.29 is 21.9 Å². The summed E-state index contributed by atoms with van der Waals surface area (Å²) in [6.07, 6.45) is 0.305. The Labute approximate surface area is 157 Å². The van der Waals surface area contributed by atoms with Crippen LogP contribution in [0.2, 0.25) is 0 Å². The molecule has 0 amide bonds. The third-order valence-electron chi connectivity index (χ3n) is 3.97. The summed E-state index contributed by atoms with van der Waals surface area (Å²) in [6.45, 7) is 3.63. The molecule has 9 heteroatoms. The lowest BCUT2D eigenvalue weighted by Crippen LogP contribution is -2.41. The number of fused-ring (bicyclic) bond motifs is 1. The SMILES string of the molecule is CC1(C)CC(NS(=O)(=O)c2cc(F)ccc2F)c2cc(N)ccc2O1.Cl. The number of anilines is 1. The maximum atomic E-state index is 13.9. The van der Waals surface area contributed by atoms with Gasteiger partial charge < -0.3 is 10.5 Å². The van der Waals surface area contributed by atoms with Crippen molar-refractivity contribution in [2.24, 2.45) is 0 Å². The Hall–Kier alpha value is -1.90. The zero-order chi connectivity index (χ0) is 18.4. The molecule has 0 saturated heterocycles. The molecule has 0 fully saturated rings. The first-order valence-corrected chi connectivity index (χ1v) is 9.11. The van der Waals surface area contributed by atoms with Gasteiger partial charge in [0.2, 0.25) is 10.0 Å². The Kier molecular flexibility index (Phi) is 5.51. The quantitative estimate of drug-likeness (QED) is 0.766. The van der Waals surface area contributed by atoms with Gasteiger partial charge in [0.05, 0.1) is 6.04 Å². The first-order chi connectivity index (χ1) is 11.6. The summed E-state index contributed by atoms with van der Waals surface area (Å²) in [7, 11) is -4.28. The molecule has 0 saturated carbocycles. The Balaban J connectivity index is 0.00000243. The van der Waals surface area contributed by atoms with Gasteiger partial charge in [0.15, 0.2) is 0 Å². The summed E-state index contributed by atoms with van der Waals surface area (Å²) in [5.41, 5.74) is 6.15. The zero-order valence-electron chi connectivity index (χ0n) is 14.1. The van der Waals surface area contributed by atoms with Gasteiger partial charge in [-0.25, -0.2) is 21.9 Å². The minimum Gasteiger partial charge on any atom is -0.487 e. The van der Waals surface area contributed by atoms with Crippen LogP contribution in [0, 0.1) is 11.6 Å². The third-order valence-corrected chi connectivity index (χ3v) is 5.46. The predicted octanol–water partition coefficient (Wildman–Crippen LogP) is 3.55. The van der Waals surface area contributed by atoms with Crippen LogP contribution in [0.5, 0.6) is 5.75 Å². The van der Waals surface area contributed by atoms with Gasteiger partial charge >= 0.3 is 0 Å². The van der Waals surface area contributed by atoms with Crippen molar-refractivity contribution in [1.82, 2.24) is 4.72 Å². The number of halogens is 3. The second kappa shape index (κ2) is 7.02. The number of nitrogens with one attached hydrogen (secondary N) is 1. The van der Waals surface area contributed by atoms with Crippen LogP contribution in [0.1, 0.15) is 31.9 Å². The number of hydrogen-bond acceptors (Lipinski definition) is 4. The first kappa shape index (κ1) is 20.4. The van der Waals surface area contributed by atoms with Crippen LogP contribution in [0.15, 0.2) is 41.3 Å². The molecule has 3 N–H and O–H groups in total. The molecule has 2 aromatic rings. The van der Waals surface area contributed by atoms with Crippen LogP contribution in [0.25, 0.3) is 0 Å². The van der Waals surface area contributed by atoms with E-state index >= 15 is 0 Å². The van der Waals surface area contributed by atoms with Gasteiger partial charge in [-0.05, 0) is 50.2 Å². The summed E-state index contributed by atoms with van der Waals surface area (Å²) >= 11 is 0. The molecule has 26 heavy (non-hydrogen) atoms. The molecule has 3 rings (SSSR count). The van der Waals surface area contributed by atoms with Crippen LogP contribution < -0.4 is 15.2 Å². The summed E-state index contributed by atoms with van der Waals surface area (Å²) in [5, 5.41) is 0. The lowest BCUT2D eigenvalue weighted by atomic mass is 9.90. The smallest absolute Gasteiger partial charge is 0.244 e. The lowest BCUT2D eigenvalue weighted by Gasteiger charge is -2.37. The number of hydrogen-bond donors (Lipinski definition) is 2. The molecule has 1 heterocycles. The van der Waals surface area contributed by atoms with E-state index in [1.807, 2.05) is 13.8 Å². The van der Waals surface area contributed by atoms with Crippen LogP contribution in [0.4, 0.5) is 14.5 Å². The van der Waals surface area contributed by atoms with Crippen molar-refractivity contribution in [1.29, 1.82) is 0 Å². The fourth-order valence-corrected chi connectivity index (χ4v) is 4.22. The Morgan fingerprint density at radius 3 is 2.58 bits per heavy atom. The molecular formula is C17H19ClF2N2O3S. The number of ether oxygens (including phenoxy) is 1. The van der Waals surface area contributed by atoms with E-state index < -0.39 is 38.2 Å². The predicted molar refractivity (Wildman–Crippen MR) is 96.8 cm³/mol. The number of rotatable bonds is 3. The van der Waals surface area contributed by atoms with Crippen LogP contribution >= 0.6 is 12.4 Å². The first-order valence-electron chi connectivity index (χ1n) is 7.63. The molecular weight excluding hydrogens is 386 g/mol. The van der Waals surface area contributed by atoms with Gasteiger partial charge in [0.1, 0.15) is 27.9 Å². The van der Waals surface area contributed by atoms with Gasteiger partial charge in [0.25, 0.3) is 0 Å². The molecule has 142 valence electrons. The van der Waals surface area contributed by atoms with E-state index in [4.69, 9.17) is 10.5 Å². The maximum absolute atomic E-state index is 13.9. The van der Waals surface area contributed by atoms with Gasteiger partial charge in [-0.2, -0.15) is 0 Å². The second-order valence-corrected chi connectivity index (χ2v) is 8.29. The van der Waals surface area contributed by atoms with E-state index in [2.05, 4.69) is 4.72 Å². The normalized spacial score (nSPS) is 18.4. The lowest BCUT2D eigenvalue weighted by molar-refractivity contribution is 0.0702. The molecule has 1 aliphatic rings. The Bertz CT molecular complexity index is 936. The van der Waals surface area contributed by atoms with E-state index in [1.165, 1.54) is 0 Å². The van der Waals surface area contributed by atoms with E-state index in [0.29, 0.717) is 29.5 Å². The summed E-state index contributed by atoms with van der Waals surface area (Å²) in [6, 6.07) is 6.54. The molecule has 1 aliphatic heterocycles. The number of benzene rings is 2. The van der Waals surface area contributed by atoms with Crippen molar-refractivity contribution >= 4 is 28.1 Å². The average Bonchev–Trinajstić information content (AvgIpc) is 2.49. The van der Waals surface area contributed by atoms with Gasteiger partial charge in [-0.1, -0.05) is 0 Å². The second-order valence-electron chi connectivity index (χ2n) is 6.61. The molecule has 0 radical (unpaired) electrons. The summed E-state index contributed by atoms with van der Waals surface area (Å²) in [4.78, 5) is -0.734. The third kappa shape index (κ3) is 4.08. The molecule has 0 aromatic heterocycles. The van der Waals surface area contributed by atoms with E-state index in [-0.39, 0.29) is 12.4 Å². The molecule has 0 spiro atoms. The van der Waals surface area contributed by atoms with Crippen molar-refractivity contribution in [3.63, 3.8) is 0 Å². The fourth-order valence-electron chi connectivity index (χ4n) is 2.91. The highest BCUT2D eigenvalue weighted by Gasteiger charge is 2.36. The summed E-state index contributed by atoms with van der Waals surface area (Å²) < 4.78 is 60.7. The minimum atomic E-state index is -4.28. The summed E-state index contributed by atoms with van der Waals surface area (Å²) in [5.74, 6) is -1.36. The highest BCUT2D eigenvalue weighted by atomic mass is 35.5. The molecule has 0 aliphatic carbocycles. The van der Waals surface area contributed by atoms with Crippen molar-refractivity contribution in [2.75, 3.05) is 5.73 Å². The number of sulfonamides is 1. The van der Waals surface area contributed by atoms with Crippen LogP contribution in [-0.2, 0) is 10.0 Å². The highest BCUT2D eigenvalue weighted by Crippen LogP contribution is 2.41. The largest absolute Gasteiger partial charge is 0.487 e. The van der Waals surface area contributed by atoms with Crippen LogP contribution in [-0.4, -0.2) is 14.0 Å². The number of nitrogen functional groups attached to an aromatic ring is 1. The molecule has 1 atom stereocenters. The van der Waals surface area contributed by atoms with Gasteiger partial charge in [-0.3, -0.25) is 0 Å². The van der Waals surface area contributed by atoms with Gasteiger partial charge in [0, 0.05) is 17.7 Å². The average molecular weight is 405 g/mol. The van der Waals surface area contributed by atoms with E-state index in [1.54, 1.807) is 18.2 Å². The van der Waals surface area contributed by atoms with E-state index in [9.17, 15) is 17.2 Å². The molecule has 1 unspecified atom stereocenters. The topological polar surface area (TPSA) is 81.4 Å². The molecule has 0 bridgehead atoms. The molecule has 5 nitrogen and oxygen atoms in total. The highest BCUT2D eigenvalue weighted by molar-refractivity contribution is 7.89. The Morgan fingerprint density at radius 2 is 1.88 bits per heavy atom. The van der Waals surface area contributed by atoms with Crippen molar-refractivity contribution in [3.8, 4) is 5.75 Å². The molecule has 2 aromatic carbocycles. The Morgan fingerprint density at radius 1 is 1.19 bits per heavy atom. The monoisotopic (exact) mass is 404 g/mol. The van der Waals surface area contributed by atoms with Crippen molar-refractivity contribution in [2.45, 2.75) is 36.8 Å². The minimum absolute atomic E-state index is 0. The van der Waals surface area contributed by atoms with E-state index in [0.717, 1.165) is 12.1 Å². The number of nitrogens with two attached hydrogens (primary N) is 1. The van der Waals surface area contributed by atoms with Crippen LogP contribution in [0.3, 0.4) is 0 Å². The maximum Gasteiger partial charge on any atom is 0.244 e. The standard InChI is InChI=1S/C17H18F2N2O3S.ClH/c1-17(2)9-14(12-8-11(20)4-6-15(12)24-17)21-25(22,23)16-7-10(18)3-5-13(16)19;/h3-8,14,21H,9,20H2,1-2H3;1H. The zero-order valence-corrected chi connectivity index (χ0v) is 15.8. The fraction of sp³-hybridized carbons (Fsp3) is 0.294. The van der Waals surface area contributed by atoms with Crippen molar-refractivity contribution in [3.05, 3.63) is 53.6 Å². The van der Waals surface area contributed by atoms with Gasteiger partial charge in [-0.15, -0.1) is 12.4 Å².